The van der Waals surface area contributed by atoms with E-state index in [1.807, 2.05) is 78.3 Å². The van der Waals surface area contributed by atoms with E-state index in [0.717, 1.165) is 44.2 Å². The Balaban J connectivity index is 1.51. The van der Waals surface area contributed by atoms with Gasteiger partial charge in [-0.25, -0.2) is 19.1 Å². The molecule has 3 heterocycles. The number of aryl methyl sites for hydroxylation is 1. The van der Waals surface area contributed by atoms with E-state index < -0.39 is 0 Å². The lowest BCUT2D eigenvalue weighted by Crippen LogP contribution is -2.46. The first-order valence-corrected chi connectivity index (χ1v) is 13.3. The van der Waals surface area contributed by atoms with Gasteiger partial charge in [-0.05, 0) is 67.1 Å². The van der Waals surface area contributed by atoms with Gasteiger partial charge < -0.3 is 10.2 Å². The minimum absolute atomic E-state index is 0.233. The first kappa shape index (κ1) is 23.5. The molecule has 190 valence electrons. The predicted octanol–water partition coefficient (Wildman–Crippen LogP) is 7.88. The molecule has 0 bridgehead atoms. The molecule has 0 saturated carbocycles. The molecule has 2 aliphatic rings. The summed E-state index contributed by atoms with van der Waals surface area (Å²) in [5.41, 5.74) is 6.23. The maximum Gasteiger partial charge on any atom is 0.179 e. The number of anilines is 2. The Morgan fingerprint density at radius 3 is 2.46 bits per heavy atom. The number of aliphatic imine (C=N–C) groups is 2. The molecule has 4 aromatic carbocycles. The highest BCUT2D eigenvalue weighted by atomic mass is 79.9. The van der Waals surface area contributed by atoms with Crippen LogP contribution in [0.2, 0.25) is 0 Å². The molecule has 0 aliphatic carbocycles. The van der Waals surface area contributed by atoms with Crippen molar-refractivity contribution >= 4 is 50.5 Å². The van der Waals surface area contributed by atoms with E-state index in [9.17, 15) is 4.39 Å². The summed E-state index contributed by atoms with van der Waals surface area (Å²) in [5, 5.41) is 8.30. The van der Waals surface area contributed by atoms with Crippen LogP contribution in [0, 0.1) is 12.7 Å². The van der Waals surface area contributed by atoms with Crippen LogP contribution in [0.15, 0.2) is 118 Å². The molecule has 0 radical (unpaired) electrons. The molecule has 0 fully saturated rings. The minimum atomic E-state index is -0.327. The summed E-state index contributed by atoms with van der Waals surface area (Å²) in [6.45, 7) is 2.03. The van der Waals surface area contributed by atoms with Crippen LogP contribution in [-0.2, 0) is 0 Å². The van der Waals surface area contributed by atoms with Gasteiger partial charge in [0.2, 0.25) is 0 Å². The Labute approximate surface area is 233 Å². The third-order valence-corrected chi connectivity index (χ3v) is 7.38. The fourth-order valence-electron chi connectivity index (χ4n) is 5.24. The molecule has 0 spiro atoms. The summed E-state index contributed by atoms with van der Waals surface area (Å²) in [6, 6.07) is 32.4. The van der Waals surface area contributed by atoms with Gasteiger partial charge in [-0.1, -0.05) is 64.5 Å². The molecule has 1 N–H and O–H groups in total. The molecule has 1 aromatic heterocycles. The van der Waals surface area contributed by atoms with Crippen molar-refractivity contribution in [2.45, 2.75) is 13.0 Å². The number of aromatic nitrogens is 2. The molecule has 0 saturated heterocycles. The number of amidine groups is 2. The van der Waals surface area contributed by atoms with Crippen molar-refractivity contribution in [1.82, 2.24) is 9.78 Å². The smallest absolute Gasteiger partial charge is 0.179 e. The molecule has 39 heavy (non-hydrogen) atoms. The van der Waals surface area contributed by atoms with Crippen molar-refractivity contribution in [3.8, 4) is 5.69 Å². The molecule has 8 heteroatoms. The molecule has 5 aromatic rings. The number of hydrogen-bond acceptors (Lipinski definition) is 5. The van der Waals surface area contributed by atoms with E-state index >= 15 is 0 Å². The molecular weight excluding hydrogens is 555 g/mol. The Hall–Kier alpha value is -4.56. The van der Waals surface area contributed by atoms with E-state index in [4.69, 9.17) is 15.1 Å². The molecule has 0 amide bonds. The van der Waals surface area contributed by atoms with E-state index in [2.05, 4.69) is 44.3 Å². The standard InChI is InChI=1S/C31H22BrFN6/c1-19-27-28(20-9-7-10-21(32)17-20)38-26-16-6-5-15-25(26)35-29(34-23-12-8-11-22(33)18-23)31(38)36-30(27)39(37-19)24-13-3-2-4-14-24/h2-18,28H,1H3,(H,34,35)/t28-/m1/s1. The zero-order valence-electron chi connectivity index (χ0n) is 20.9. The lowest BCUT2D eigenvalue weighted by molar-refractivity contribution is 0.628. The first-order chi connectivity index (χ1) is 19.1. The second-order valence-electron chi connectivity index (χ2n) is 9.42. The molecule has 0 unspecified atom stereocenters. The normalized spacial score (nSPS) is 15.6. The largest absolute Gasteiger partial charge is 0.337 e. The maximum absolute atomic E-state index is 14.1. The lowest BCUT2D eigenvalue weighted by Gasteiger charge is -2.40. The van der Waals surface area contributed by atoms with Crippen molar-refractivity contribution < 1.29 is 4.39 Å². The average molecular weight is 577 g/mol. The maximum atomic E-state index is 14.1. The van der Waals surface area contributed by atoms with Gasteiger partial charge in [0, 0.05) is 15.7 Å². The van der Waals surface area contributed by atoms with Gasteiger partial charge in [0.1, 0.15) is 5.82 Å². The highest BCUT2D eigenvalue weighted by Crippen LogP contribution is 2.48. The summed E-state index contributed by atoms with van der Waals surface area (Å²) >= 11 is 3.67. The topological polar surface area (TPSA) is 57.8 Å². The van der Waals surface area contributed by atoms with Crippen molar-refractivity contribution in [3.05, 3.63) is 130 Å². The van der Waals surface area contributed by atoms with Gasteiger partial charge in [-0.2, -0.15) is 5.10 Å². The molecule has 1 atom stereocenters. The Morgan fingerprint density at radius 2 is 1.64 bits per heavy atom. The number of rotatable bonds is 3. The number of fused-ring (bicyclic) bond motifs is 4. The average Bonchev–Trinajstić information content (AvgIpc) is 3.28. The van der Waals surface area contributed by atoms with Gasteiger partial charge in [0.25, 0.3) is 0 Å². The van der Waals surface area contributed by atoms with Crippen LogP contribution in [-0.4, -0.2) is 21.5 Å². The SMILES string of the molecule is Cc1nn(-c2ccccc2)c2c1[C@@H](c1cccc(Br)c1)N1C(=N2)C(Nc2cccc(F)c2)=Nc2ccccc21. The van der Waals surface area contributed by atoms with Crippen LogP contribution in [0.1, 0.15) is 22.9 Å². The Kier molecular flexibility index (Phi) is 5.63. The third-order valence-electron chi connectivity index (χ3n) is 6.89. The zero-order valence-corrected chi connectivity index (χ0v) is 22.5. The lowest BCUT2D eigenvalue weighted by atomic mass is 9.93. The van der Waals surface area contributed by atoms with E-state index in [1.54, 1.807) is 6.07 Å². The first-order valence-electron chi connectivity index (χ1n) is 12.6. The highest BCUT2D eigenvalue weighted by Gasteiger charge is 2.41. The number of benzene rings is 4. The number of hydrogen-bond donors (Lipinski definition) is 1. The highest BCUT2D eigenvalue weighted by molar-refractivity contribution is 9.10. The van der Waals surface area contributed by atoms with E-state index in [-0.39, 0.29) is 11.9 Å². The predicted molar refractivity (Wildman–Crippen MR) is 157 cm³/mol. The second kappa shape index (κ2) is 9.32. The third kappa shape index (κ3) is 4.04. The number of nitrogens with one attached hydrogen (secondary N) is 1. The minimum Gasteiger partial charge on any atom is -0.337 e. The van der Waals surface area contributed by atoms with Crippen LogP contribution >= 0.6 is 15.9 Å². The molecule has 6 nitrogen and oxygen atoms in total. The zero-order chi connectivity index (χ0) is 26.5. The molecule has 2 aliphatic heterocycles. The van der Waals surface area contributed by atoms with Gasteiger partial charge in [-0.15, -0.1) is 0 Å². The molecular formula is C31H22BrFN6. The van der Waals surface area contributed by atoms with E-state index in [0.29, 0.717) is 17.4 Å². The molecule has 7 rings (SSSR count). The Morgan fingerprint density at radius 1 is 0.846 bits per heavy atom. The van der Waals surface area contributed by atoms with E-state index in [1.165, 1.54) is 12.1 Å². The van der Waals surface area contributed by atoms with Crippen molar-refractivity contribution in [2.75, 3.05) is 10.2 Å². The monoisotopic (exact) mass is 576 g/mol. The van der Waals surface area contributed by atoms with Crippen LogP contribution in [0.3, 0.4) is 0 Å². The summed E-state index contributed by atoms with van der Waals surface area (Å²) in [4.78, 5) is 12.4. The van der Waals surface area contributed by atoms with Crippen molar-refractivity contribution in [2.24, 2.45) is 9.98 Å². The van der Waals surface area contributed by atoms with Crippen molar-refractivity contribution in [3.63, 3.8) is 0 Å². The van der Waals surface area contributed by atoms with Crippen LogP contribution in [0.5, 0.6) is 0 Å². The number of halogens is 2. The van der Waals surface area contributed by atoms with Crippen molar-refractivity contribution in [1.29, 1.82) is 0 Å². The summed E-state index contributed by atoms with van der Waals surface area (Å²) in [6.07, 6.45) is 0. The summed E-state index contributed by atoms with van der Waals surface area (Å²) < 4.78 is 17.0. The van der Waals surface area contributed by atoms with Crippen LogP contribution in [0.4, 0.5) is 27.3 Å². The fourth-order valence-corrected chi connectivity index (χ4v) is 5.66. The van der Waals surface area contributed by atoms with Crippen LogP contribution in [0.25, 0.3) is 5.69 Å². The number of nitrogens with zero attached hydrogens (tertiary/aromatic N) is 5. The van der Waals surface area contributed by atoms with Crippen LogP contribution < -0.4 is 10.2 Å². The quantitative estimate of drug-likeness (QED) is 0.237. The fraction of sp³-hybridized carbons (Fsp3) is 0.0645. The summed E-state index contributed by atoms with van der Waals surface area (Å²) in [7, 11) is 0. The summed E-state index contributed by atoms with van der Waals surface area (Å²) in [5.74, 6) is 1.57. The van der Waals surface area contributed by atoms with Gasteiger partial charge in [0.05, 0.1) is 28.8 Å². The second-order valence-corrected chi connectivity index (χ2v) is 10.3. The van der Waals surface area contributed by atoms with Gasteiger partial charge in [0.15, 0.2) is 17.5 Å². The van der Waals surface area contributed by atoms with Gasteiger partial charge >= 0.3 is 0 Å². The van der Waals surface area contributed by atoms with Gasteiger partial charge in [-0.3, -0.25) is 0 Å². The number of para-hydroxylation sites is 3. The Bertz CT molecular complexity index is 1790.